The van der Waals surface area contributed by atoms with Crippen molar-refractivity contribution in [3.05, 3.63) is 35.9 Å². The summed E-state index contributed by atoms with van der Waals surface area (Å²) in [6, 6.07) is 10.6. The van der Waals surface area contributed by atoms with Gasteiger partial charge < -0.3 is 0 Å². The zero-order valence-electron chi connectivity index (χ0n) is 9.86. The van der Waals surface area contributed by atoms with Crippen molar-refractivity contribution in [1.82, 2.24) is 4.90 Å². The smallest absolute Gasteiger partial charge is 0.146 e. The highest BCUT2D eigenvalue weighted by Gasteiger charge is 2.25. The minimum atomic E-state index is 0.147. The zero-order chi connectivity index (χ0) is 11.4. The van der Waals surface area contributed by atoms with Crippen LogP contribution in [-0.2, 0) is 11.3 Å². The van der Waals surface area contributed by atoms with E-state index in [0.717, 1.165) is 19.5 Å². The zero-order valence-corrected chi connectivity index (χ0v) is 9.86. The number of nitrogens with zero attached hydrogens (tertiary/aromatic N) is 1. The first-order valence-corrected chi connectivity index (χ1v) is 6.06. The van der Waals surface area contributed by atoms with E-state index in [-0.39, 0.29) is 6.04 Å². The van der Waals surface area contributed by atoms with E-state index in [1.165, 1.54) is 18.4 Å². The molecular formula is C14H19NO. The summed E-state index contributed by atoms with van der Waals surface area (Å²) in [5, 5.41) is 0. The van der Waals surface area contributed by atoms with Crippen molar-refractivity contribution in [1.29, 1.82) is 0 Å². The lowest BCUT2D eigenvalue weighted by Crippen LogP contribution is -2.43. The Morgan fingerprint density at radius 2 is 2.06 bits per heavy atom. The van der Waals surface area contributed by atoms with Crippen LogP contribution in [0.4, 0.5) is 0 Å². The number of rotatable bonds is 3. The minimum absolute atomic E-state index is 0.147. The summed E-state index contributed by atoms with van der Waals surface area (Å²) in [4.78, 5) is 13.9. The van der Waals surface area contributed by atoms with Crippen LogP contribution in [0.5, 0.6) is 0 Å². The number of ketones is 1. The first-order chi connectivity index (χ1) is 7.77. The Morgan fingerprint density at radius 3 is 2.75 bits per heavy atom. The Bertz CT molecular complexity index is 347. The molecule has 0 bridgehead atoms. The quantitative estimate of drug-likeness (QED) is 0.775. The lowest BCUT2D eigenvalue weighted by molar-refractivity contribution is -0.123. The fraction of sp³-hybridized carbons (Fsp3) is 0.500. The Balaban J connectivity index is 2.04. The minimum Gasteiger partial charge on any atom is -0.298 e. The molecule has 86 valence electrons. The van der Waals surface area contributed by atoms with E-state index in [2.05, 4.69) is 29.2 Å². The summed E-state index contributed by atoms with van der Waals surface area (Å²) in [5.74, 6) is 0.315. The van der Waals surface area contributed by atoms with Gasteiger partial charge in [-0.25, -0.2) is 0 Å². The summed E-state index contributed by atoms with van der Waals surface area (Å²) in [6.07, 6.45) is 3.44. The van der Waals surface area contributed by atoms with E-state index in [4.69, 9.17) is 0 Å². The van der Waals surface area contributed by atoms with E-state index in [0.29, 0.717) is 5.78 Å². The molecule has 2 rings (SSSR count). The monoisotopic (exact) mass is 217 g/mol. The standard InChI is InChI=1S/C14H19NO/c1-12(16)14-9-5-6-10-15(14)11-13-7-3-2-4-8-13/h2-4,7-8,14H,5-6,9-11H2,1H3. The lowest BCUT2D eigenvalue weighted by Gasteiger charge is -2.34. The highest BCUT2D eigenvalue weighted by molar-refractivity contribution is 5.81. The molecule has 1 heterocycles. The first-order valence-electron chi connectivity index (χ1n) is 6.06. The van der Waals surface area contributed by atoms with Gasteiger partial charge in [-0.05, 0) is 31.9 Å². The number of likely N-dealkylation sites (tertiary alicyclic amines) is 1. The van der Waals surface area contributed by atoms with Gasteiger partial charge in [0.2, 0.25) is 0 Å². The van der Waals surface area contributed by atoms with Gasteiger partial charge in [-0.2, -0.15) is 0 Å². The van der Waals surface area contributed by atoms with Crippen LogP contribution in [-0.4, -0.2) is 23.3 Å². The van der Waals surface area contributed by atoms with E-state index in [9.17, 15) is 4.79 Å². The Kier molecular flexibility index (Phi) is 3.73. The maximum atomic E-state index is 11.6. The summed E-state index contributed by atoms with van der Waals surface area (Å²) in [7, 11) is 0. The molecule has 0 saturated carbocycles. The van der Waals surface area contributed by atoms with Gasteiger partial charge >= 0.3 is 0 Å². The summed E-state index contributed by atoms with van der Waals surface area (Å²) in [6.45, 7) is 3.68. The van der Waals surface area contributed by atoms with E-state index >= 15 is 0 Å². The summed E-state index contributed by atoms with van der Waals surface area (Å²) < 4.78 is 0. The molecule has 1 aromatic rings. The van der Waals surface area contributed by atoms with Crippen molar-refractivity contribution >= 4 is 5.78 Å². The number of piperidine rings is 1. The van der Waals surface area contributed by atoms with Crippen LogP contribution >= 0.6 is 0 Å². The molecule has 0 aliphatic carbocycles. The van der Waals surface area contributed by atoms with Crippen LogP contribution in [0.25, 0.3) is 0 Å². The lowest BCUT2D eigenvalue weighted by atomic mass is 9.98. The maximum Gasteiger partial charge on any atom is 0.146 e. The van der Waals surface area contributed by atoms with Crippen molar-refractivity contribution in [2.45, 2.75) is 38.8 Å². The molecule has 2 heteroatoms. The van der Waals surface area contributed by atoms with Gasteiger partial charge in [-0.1, -0.05) is 36.8 Å². The fourth-order valence-corrected chi connectivity index (χ4v) is 2.46. The molecule has 1 aromatic carbocycles. The molecule has 0 radical (unpaired) electrons. The molecule has 16 heavy (non-hydrogen) atoms. The summed E-state index contributed by atoms with van der Waals surface area (Å²) >= 11 is 0. The predicted molar refractivity (Wildman–Crippen MR) is 65.2 cm³/mol. The molecule has 1 aliphatic rings. The van der Waals surface area contributed by atoms with Gasteiger partial charge in [-0.15, -0.1) is 0 Å². The Labute approximate surface area is 97.3 Å². The van der Waals surface area contributed by atoms with Gasteiger partial charge in [0.05, 0.1) is 6.04 Å². The van der Waals surface area contributed by atoms with Gasteiger partial charge in [0.1, 0.15) is 5.78 Å². The second kappa shape index (κ2) is 5.26. The van der Waals surface area contributed by atoms with Gasteiger partial charge in [0.25, 0.3) is 0 Å². The van der Waals surface area contributed by atoms with Crippen molar-refractivity contribution in [3.8, 4) is 0 Å². The van der Waals surface area contributed by atoms with E-state index < -0.39 is 0 Å². The molecule has 0 aromatic heterocycles. The van der Waals surface area contributed by atoms with Crippen molar-refractivity contribution in [2.24, 2.45) is 0 Å². The molecule has 0 N–H and O–H groups in total. The second-order valence-electron chi connectivity index (χ2n) is 4.58. The molecule has 0 spiro atoms. The number of hydrogen-bond donors (Lipinski definition) is 0. The molecule has 1 unspecified atom stereocenters. The van der Waals surface area contributed by atoms with E-state index in [1.54, 1.807) is 6.92 Å². The van der Waals surface area contributed by atoms with Crippen LogP contribution in [0.2, 0.25) is 0 Å². The normalized spacial score (nSPS) is 21.9. The van der Waals surface area contributed by atoms with Crippen LogP contribution in [0.3, 0.4) is 0 Å². The van der Waals surface area contributed by atoms with Gasteiger partial charge in [-0.3, -0.25) is 9.69 Å². The topological polar surface area (TPSA) is 20.3 Å². The highest BCUT2D eigenvalue weighted by Crippen LogP contribution is 2.20. The third-order valence-electron chi connectivity index (χ3n) is 3.31. The van der Waals surface area contributed by atoms with Crippen LogP contribution in [0, 0.1) is 0 Å². The third kappa shape index (κ3) is 2.70. The summed E-state index contributed by atoms with van der Waals surface area (Å²) in [5.41, 5.74) is 1.30. The highest BCUT2D eigenvalue weighted by atomic mass is 16.1. The van der Waals surface area contributed by atoms with Crippen molar-refractivity contribution in [3.63, 3.8) is 0 Å². The number of benzene rings is 1. The molecule has 1 saturated heterocycles. The van der Waals surface area contributed by atoms with Crippen LogP contribution in [0.1, 0.15) is 31.7 Å². The van der Waals surface area contributed by atoms with Gasteiger partial charge in [0.15, 0.2) is 0 Å². The Morgan fingerprint density at radius 1 is 1.31 bits per heavy atom. The SMILES string of the molecule is CC(=O)C1CCCCN1Cc1ccccc1. The number of hydrogen-bond acceptors (Lipinski definition) is 2. The Hall–Kier alpha value is -1.15. The van der Waals surface area contributed by atoms with Crippen molar-refractivity contribution < 1.29 is 4.79 Å². The fourth-order valence-electron chi connectivity index (χ4n) is 2.46. The predicted octanol–water partition coefficient (Wildman–Crippen LogP) is 2.63. The second-order valence-corrected chi connectivity index (χ2v) is 4.58. The molecule has 2 nitrogen and oxygen atoms in total. The maximum absolute atomic E-state index is 11.6. The molecule has 0 amide bonds. The number of carbonyl (C=O) groups is 1. The molecule has 1 aliphatic heterocycles. The first kappa shape index (κ1) is 11.3. The van der Waals surface area contributed by atoms with Gasteiger partial charge in [0, 0.05) is 6.54 Å². The third-order valence-corrected chi connectivity index (χ3v) is 3.31. The number of Topliss-reactive ketones (excluding diaryl/α,β-unsaturated/α-hetero) is 1. The molecule has 1 fully saturated rings. The van der Waals surface area contributed by atoms with E-state index in [1.807, 2.05) is 6.07 Å². The van der Waals surface area contributed by atoms with Crippen LogP contribution < -0.4 is 0 Å². The van der Waals surface area contributed by atoms with Crippen molar-refractivity contribution in [2.75, 3.05) is 6.54 Å². The number of carbonyl (C=O) groups excluding carboxylic acids is 1. The average molecular weight is 217 g/mol. The van der Waals surface area contributed by atoms with Crippen LogP contribution in [0.15, 0.2) is 30.3 Å². The molecule has 1 atom stereocenters. The largest absolute Gasteiger partial charge is 0.298 e. The molecular weight excluding hydrogens is 198 g/mol. The average Bonchev–Trinajstić information content (AvgIpc) is 2.31.